The molecule has 2 aliphatic heterocycles. The lowest BCUT2D eigenvalue weighted by atomic mass is 9.40. The minimum atomic E-state index is -0.266. The maximum absolute atomic E-state index is 10.4. The van der Waals surface area contributed by atoms with Gasteiger partial charge in [0, 0.05) is 11.8 Å². The molecule has 4 aliphatic carbocycles. The Kier molecular flexibility index (Phi) is 5.13. The van der Waals surface area contributed by atoms with Crippen LogP contribution in [0.2, 0.25) is 0 Å². The molecule has 10 atom stereocenters. The van der Waals surface area contributed by atoms with E-state index < -0.39 is 0 Å². The Morgan fingerprint density at radius 1 is 0.968 bits per heavy atom. The van der Waals surface area contributed by atoms with Crippen LogP contribution in [0.3, 0.4) is 0 Å². The van der Waals surface area contributed by atoms with E-state index in [4.69, 9.17) is 9.78 Å². The van der Waals surface area contributed by atoms with Crippen molar-refractivity contribution in [2.45, 2.75) is 110 Å². The summed E-state index contributed by atoms with van der Waals surface area (Å²) in [5.74, 6) is 2.89. The van der Waals surface area contributed by atoms with Gasteiger partial charge in [0.15, 0.2) is 0 Å². The van der Waals surface area contributed by atoms with E-state index in [0.717, 1.165) is 32.1 Å². The van der Waals surface area contributed by atoms with Gasteiger partial charge in [-0.15, -0.1) is 0 Å². The summed E-state index contributed by atoms with van der Waals surface area (Å²) in [5, 5.41) is 10.4. The molecule has 2 heterocycles. The molecule has 4 saturated carbocycles. The average molecular weight is 429 g/mol. The Bertz CT molecular complexity index is 762. The van der Waals surface area contributed by atoms with Crippen molar-refractivity contribution in [3.8, 4) is 0 Å². The lowest BCUT2D eigenvalue weighted by Gasteiger charge is -2.72. The van der Waals surface area contributed by atoms with Crippen molar-refractivity contribution in [2.75, 3.05) is 0 Å². The highest BCUT2D eigenvalue weighted by Crippen LogP contribution is 2.74. The number of rotatable bonds is 4. The maximum atomic E-state index is 10.4. The Labute approximate surface area is 189 Å². The molecule has 174 valence electrons. The quantitative estimate of drug-likeness (QED) is 0.404. The Morgan fingerprint density at radius 2 is 1.74 bits per heavy atom. The summed E-state index contributed by atoms with van der Waals surface area (Å²) in [7, 11) is 0. The van der Waals surface area contributed by atoms with Gasteiger partial charge in [0.1, 0.15) is 11.2 Å². The summed E-state index contributed by atoms with van der Waals surface area (Å²) in [4.78, 5) is 12.9. The van der Waals surface area contributed by atoms with E-state index in [1.165, 1.54) is 31.3 Å². The van der Waals surface area contributed by atoms with Crippen molar-refractivity contribution < 1.29 is 14.9 Å². The summed E-state index contributed by atoms with van der Waals surface area (Å²) in [6.07, 6.45) is 14.6. The van der Waals surface area contributed by atoms with E-state index in [-0.39, 0.29) is 22.7 Å². The normalized spacial score (nSPS) is 53.0. The zero-order valence-corrected chi connectivity index (χ0v) is 20.5. The SMILES string of the molecule is C=C(C)[C@@H](C)/C=C/[C@@H](C)[C@H]1CC[C@@H]2[C@]1(C)CC[C@H]1[C@]23CC[C@]2(C[C@@H](O)CC[C@]12C)OO3. The van der Waals surface area contributed by atoms with E-state index in [1.54, 1.807) is 0 Å². The van der Waals surface area contributed by atoms with E-state index in [9.17, 15) is 5.11 Å². The van der Waals surface area contributed by atoms with E-state index >= 15 is 0 Å². The van der Waals surface area contributed by atoms with Gasteiger partial charge in [0.2, 0.25) is 0 Å². The van der Waals surface area contributed by atoms with Gasteiger partial charge in [-0.3, -0.25) is 0 Å². The van der Waals surface area contributed by atoms with Crippen molar-refractivity contribution in [1.82, 2.24) is 0 Å². The van der Waals surface area contributed by atoms with Crippen molar-refractivity contribution in [3.05, 3.63) is 24.3 Å². The zero-order chi connectivity index (χ0) is 22.2. The molecule has 3 nitrogen and oxygen atoms in total. The van der Waals surface area contributed by atoms with Crippen LogP contribution in [0, 0.1) is 40.4 Å². The van der Waals surface area contributed by atoms with E-state index in [2.05, 4.69) is 53.3 Å². The van der Waals surface area contributed by atoms with Crippen molar-refractivity contribution in [3.63, 3.8) is 0 Å². The van der Waals surface area contributed by atoms with Crippen LogP contribution in [0.5, 0.6) is 0 Å². The second-order valence-corrected chi connectivity index (χ2v) is 12.6. The molecule has 0 radical (unpaired) electrons. The summed E-state index contributed by atoms with van der Waals surface area (Å²) in [6, 6.07) is 0. The van der Waals surface area contributed by atoms with Crippen LogP contribution in [0.25, 0.3) is 0 Å². The third-order valence-electron chi connectivity index (χ3n) is 11.3. The molecule has 0 unspecified atom stereocenters. The highest BCUT2D eigenvalue weighted by Gasteiger charge is 2.75. The molecule has 6 fully saturated rings. The van der Waals surface area contributed by atoms with Crippen LogP contribution in [0.4, 0.5) is 0 Å². The van der Waals surface area contributed by atoms with Crippen molar-refractivity contribution >= 4 is 0 Å². The van der Waals surface area contributed by atoms with Crippen LogP contribution < -0.4 is 0 Å². The molecule has 2 bridgehead atoms. The molecular formula is C28H44O3. The van der Waals surface area contributed by atoms with Crippen LogP contribution in [0.15, 0.2) is 24.3 Å². The molecule has 3 heteroatoms. The fourth-order valence-corrected chi connectivity index (χ4v) is 9.25. The Morgan fingerprint density at radius 3 is 2.42 bits per heavy atom. The van der Waals surface area contributed by atoms with Crippen molar-refractivity contribution in [1.29, 1.82) is 0 Å². The molecule has 2 spiro atoms. The Balaban J connectivity index is 1.43. The standard InChI is InChI=1S/C28H44O3/c1-18(2)19(3)7-8-20(4)22-9-10-23-25(22,5)13-12-24-26(6)14-11-21(29)17-27(26)15-16-28(23,24)31-30-27/h7-8,19-24,29H,1,9-17H2,2-6H3/b8-7+/t19-,20+,21-,22+,23+,24+,25+,26+,27+,28-/m0/s1. The van der Waals surface area contributed by atoms with Crippen LogP contribution >= 0.6 is 0 Å². The van der Waals surface area contributed by atoms with Gasteiger partial charge in [-0.2, -0.15) is 0 Å². The number of allylic oxidation sites excluding steroid dienone is 3. The molecular weight excluding hydrogens is 384 g/mol. The summed E-state index contributed by atoms with van der Waals surface area (Å²) in [6.45, 7) is 16.0. The number of aliphatic hydroxyl groups excluding tert-OH is 1. The minimum Gasteiger partial charge on any atom is -0.393 e. The highest BCUT2D eigenvalue weighted by atomic mass is 17.2. The highest BCUT2D eigenvalue weighted by molar-refractivity contribution is 5.23. The first-order valence-electron chi connectivity index (χ1n) is 13.0. The van der Waals surface area contributed by atoms with Gasteiger partial charge in [0.25, 0.3) is 0 Å². The Hall–Kier alpha value is -0.640. The fraction of sp³-hybridized carbons (Fsp3) is 0.857. The summed E-state index contributed by atoms with van der Waals surface area (Å²) < 4.78 is 0. The fourth-order valence-electron chi connectivity index (χ4n) is 9.25. The maximum Gasteiger partial charge on any atom is 0.112 e. The van der Waals surface area contributed by atoms with Gasteiger partial charge in [-0.05, 0) is 93.3 Å². The first-order chi connectivity index (χ1) is 14.6. The summed E-state index contributed by atoms with van der Waals surface area (Å²) >= 11 is 0. The second-order valence-electron chi connectivity index (χ2n) is 12.6. The predicted molar refractivity (Wildman–Crippen MR) is 124 cm³/mol. The molecule has 31 heavy (non-hydrogen) atoms. The third kappa shape index (κ3) is 2.88. The molecule has 6 rings (SSSR count). The average Bonchev–Trinajstić information content (AvgIpc) is 3.09. The molecule has 6 aliphatic rings. The third-order valence-corrected chi connectivity index (χ3v) is 11.3. The topological polar surface area (TPSA) is 38.7 Å². The lowest BCUT2D eigenvalue weighted by Crippen LogP contribution is -2.75. The van der Waals surface area contributed by atoms with Crippen LogP contribution in [-0.2, 0) is 9.78 Å². The molecule has 1 N–H and O–H groups in total. The second kappa shape index (κ2) is 7.18. The lowest BCUT2D eigenvalue weighted by molar-refractivity contribution is -0.536. The zero-order valence-electron chi connectivity index (χ0n) is 20.5. The van der Waals surface area contributed by atoms with Crippen LogP contribution in [-0.4, -0.2) is 22.4 Å². The van der Waals surface area contributed by atoms with E-state index in [1.807, 2.05) is 0 Å². The number of hydrogen-bond donors (Lipinski definition) is 1. The predicted octanol–water partition coefficient (Wildman–Crippen LogP) is 6.62. The first kappa shape index (κ1) is 22.2. The van der Waals surface area contributed by atoms with Crippen molar-refractivity contribution in [2.24, 2.45) is 40.4 Å². The molecule has 2 saturated heterocycles. The minimum absolute atomic E-state index is 0.116. The van der Waals surface area contributed by atoms with Crippen LogP contribution in [0.1, 0.15) is 92.4 Å². The molecule has 0 amide bonds. The van der Waals surface area contributed by atoms with Gasteiger partial charge in [-0.25, -0.2) is 9.78 Å². The smallest absolute Gasteiger partial charge is 0.112 e. The monoisotopic (exact) mass is 428 g/mol. The molecule has 0 aromatic rings. The number of hydrogen-bond acceptors (Lipinski definition) is 3. The summed E-state index contributed by atoms with van der Waals surface area (Å²) in [5.41, 5.74) is 1.32. The van der Waals surface area contributed by atoms with E-state index in [0.29, 0.717) is 35.0 Å². The first-order valence-corrected chi connectivity index (χ1v) is 13.0. The van der Waals surface area contributed by atoms with Gasteiger partial charge in [0.05, 0.1) is 6.10 Å². The van der Waals surface area contributed by atoms with Gasteiger partial charge >= 0.3 is 0 Å². The number of fused-ring (bicyclic) bond motifs is 3. The largest absolute Gasteiger partial charge is 0.393 e. The number of aliphatic hydroxyl groups is 1. The van der Waals surface area contributed by atoms with Gasteiger partial charge in [-0.1, -0.05) is 52.0 Å². The van der Waals surface area contributed by atoms with Gasteiger partial charge < -0.3 is 5.11 Å². The molecule has 0 aromatic heterocycles. The molecule has 0 aromatic carbocycles.